The van der Waals surface area contributed by atoms with Gasteiger partial charge in [-0.05, 0) is 105 Å². The van der Waals surface area contributed by atoms with Crippen molar-refractivity contribution in [2.24, 2.45) is 11.8 Å². The Balaban J connectivity index is 1.27. The van der Waals surface area contributed by atoms with E-state index in [4.69, 9.17) is 9.47 Å². The number of benzene rings is 2. The van der Waals surface area contributed by atoms with E-state index in [1.54, 1.807) is 20.4 Å². The molecule has 1 saturated heterocycles. The lowest BCUT2D eigenvalue weighted by molar-refractivity contribution is -0.146. The zero-order valence-electron chi connectivity index (χ0n) is 21.5. The second-order valence-corrected chi connectivity index (χ2v) is 10.7. The van der Waals surface area contributed by atoms with E-state index >= 15 is 0 Å². The molecule has 1 fully saturated rings. The van der Waals surface area contributed by atoms with Gasteiger partial charge < -0.3 is 24.6 Å². The van der Waals surface area contributed by atoms with Gasteiger partial charge in [0, 0.05) is 23.0 Å². The van der Waals surface area contributed by atoms with E-state index in [-0.39, 0.29) is 5.92 Å². The van der Waals surface area contributed by atoms with Crippen molar-refractivity contribution in [1.82, 2.24) is 9.88 Å². The van der Waals surface area contributed by atoms with Crippen molar-refractivity contribution in [2.45, 2.75) is 36.7 Å². The summed E-state index contributed by atoms with van der Waals surface area (Å²) in [6.07, 6.45) is 4.06. The Bertz CT molecular complexity index is 1170. The number of fused-ring (bicyclic) bond motifs is 1. The van der Waals surface area contributed by atoms with Crippen molar-refractivity contribution in [3.63, 3.8) is 0 Å². The van der Waals surface area contributed by atoms with Crippen molar-refractivity contribution in [2.75, 3.05) is 39.6 Å². The molecule has 198 valence electrons. The summed E-state index contributed by atoms with van der Waals surface area (Å²) in [5.41, 5.74) is 1.61. The van der Waals surface area contributed by atoms with Crippen LogP contribution < -0.4 is 9.47 Å². The van der Waals surface area contributed by atoms with Gasteiger partial charge in [-0.25, -0.2) is 0 Å². The molecule has 0 radical (unpaired) electrons. The lowest BCUT2D eigenvalue weighted by atomic mass is 9.81. The molecule has 37 heavy (non-hydrogen) atoms. The molecule has 0 spiro atoms. The predicted molar refractivity (Wildman–Crippen MR) is 146 cm³/mol. The first-order valence-electron chi connectivity index (χ1n) is 12.8. The number of hydrogen-bond acceptors (Lipinski definition) is 7. The molecule has 0 amide bonds. The molecule has 7 nitrogen and oxygen atoms in total. The zero-order valence-corrected chi connectivity index (χ0v) is 22.3. The van der Waals surface area contributed by atoms with Crippen molar-refractivity contribution in [3.8, 4) is 11.5 Å². The Labute approximate surface area is 222 Å². The average Bonchev–Trinajstić information content (AvgIpc) is 2.93. The summed E-state index contributed by atoms with van der Waals surface area (Å²) in [6, 6.07) is 15.5. The average molecular weight is 525 g/mol. The van der Waals surface area contributed by atoms with Crippen LogP contribution in [0.25, 0.3) is 10.9 Å². The number of aromatic nitrogens is 1. The molecule has 0 aliphatic carbocycles. The monoisotopic (exact) mass is 524 g/mol. The number of carboxylic acids is 1. The highest BCUT2D eigenvalue weighted by Crippen LogP contribution is 2.34. The number of carboxylic acid groups (broad SMARTS) is 1. The fraction of sp³-hybridized carbons (Fsp3) is 0.448. The van der Waals surface area contributed by atoms with Crippen molar-refractivity contribution >= 4 is 28.6 Å². The number of thioether (sulfide) groups is 1. The molecule has 2 heterocycles. The van der Waals surface area contributed by atoms with E-state index in [1.165, 1.54) is 4.90 Å². The standard InChI is InChI=1S/C29H36N2O5S/c1-35-21-5-8-23(9-6-21)37-17-3-15-31-16-13-20(26(19-31)29(33)34)4-11-28(32)24-12-14-30-27-10-7-22(36-2)18-25(24)27/h5-10,12,14,18,20,26,28,32H,3-4,11,13,15-17,19H2,1-2H3,(H,33,34)/t20-,26+,28-/m1/s1. The number of aliphatic hydroxyl groups excluding tert-OH is 1. The third kappa shape index (κ3) is 7.15. The van der Waals surface area contributed by atoms with Gasteiger partial charge in [0.05, 0.1) is 31.8 Å². The van der Waals surface area contributed by atoms with Crippen LogP contribution in [0.2, 0.25) is 0 Å². The maximum Gasteiger partial charge on any atom is 0.308 e. The first-order chi connectivity index (χ1) is 18.0. The summed E-state index contributed by atoms with van der Waals surface area (Å²) in [6.45, 7) is 2.36. The second kappa shape index (κ2) is 13.1. The summed E-state index contributed by atoms with van der Waals surface area (Å²) >= 11 is 1.81. The van der Waals surface area contributed by atoms with E-state index in [2.05, 4.69) is 22.0 Å². The Morgan fingerprint density at radius 2 is 1.89 bits per heavy atom. The normalized spacial score (nSPS) is 19.0. The van der Waals surface area contributed by atoms with Gasteiger partial charge in [0.25, 0.3) is 0 Å². The van der Waals surface area contributed by atoms with Crippen LogP contribution in [0.5, 0.6) is 11.5 Å². The summed E-state index contributed by atoms with van der Waals surface area (Å²) in [5.74, 6) is 1.46. The van der Waals surface area contributed by atoms with Crippen LogP contribution in [0.4, 0.5) is 0 Å². The summed E-state index contributed by atoms with van der Waals surface area (Å²) in [7, 11) is 3.28. The first kappa shape index (κ1) is 27.2. The number of rotatable bonds is 12. The largest absolute Gasteiger partial charge is 0.497 e. The Morgan fingerprint density at radius 3 is 2.62 bits per heavy atom. The highest BCUT2D eigenvalue weighted by atomic mass is 32.2. The third-order valence-corrected chi connectivity index (χ3v) is 8.35. The second-order valence-electron chi connectivity index (χ2n) is 9.55. The maximum atomic E-state index is 12.1. The number of carbonyl (C=O) groups is 1. The van der Waals surface area contributed by atoms with Crippen LogP contribution in [-0.2, 0) is 4.79 Å². The van der Waals surface area contributed by atoms with Crippen LogP contribution in [-0.4, -0.2) is 65.7 Å². The number of aliphatic carboxylic acids is 1. The minimum Gasteiger partial charge on any atom is -0.497 e. The Morgan fingerprint density at radius 1 is 1.14 bits per heavy atom. The van der Waals surface area contributed by atoms with Gasteiger partial charge in [0.15, 0.2) is 0 Å². The fourth-order valence-electron chi connectivity index (χ4n) is 5.14. The lowest BCUT2D eigenvalue weighted by Crippen LogP contribution is -2.44. The van der Waals surface area contributed by atoms with E-state index in [0.717, 1.165) is 59.6 Å². The van der Waals surface area contributed by atoms with Gasteiger partial charge >= 0.3 is 5.97 Å². The minimum atomic E-state index is -0.740. The maximum absolute atomic E-state index is 12.1. The number of nitrogens with zero attached hydrogens (tertiary/aromatic N) is 2. The topological polar surface area (TPSA) is 92.1 Å². The third-order valence-electron chi connectivity index (χ3n) is 7.26. The van der Waals surface area contributed by atoms with E-state index in [9.17, 15) is 15.0 Å². The van der Waals surface area contributed by atoms with E-state index < -0.39 is 18.0 Å². The molecular weight excluding hydrogens is 488 g/mol. The molecule has 1 aliphatic rings. The van der Waals surface area contributed by atoms with Crippen LogP contribution in [0, 0.1) is 11.8 Å². The molecule has 0 unspecified atom stereocenters. The van der Waals surface area contributed by atoms with Gasteiger partial charge in [-0.1, -0.05) is 0 Å². The molecular formula is C29H36N2O5S. The van der Waals surface area contributed by atoms with Gasteiger partial charge in [0.2, 0.25) is 0 Å². The number of pyridine rings is 1. The minimum absolute atomic E-state index is 0.0553. The van der Waals surface area contributed by atoms with Gasteiger partial charge in [-0.3, -0.25) is 9.78 Å². The van der Waals surface area contributed by atoms with Crippen LogP contribution in [0.3, 0.4) is 0 Å². The Hall–Kier alpha value is -2.81. The van der Waals surface area contributed by atoms with E-state index in [1.807, 2.05) is 48.2 Å². The lowest BCUT2D eigenvalue weighted by Gasteiger charge is -2.37. The van der Waals surface area contributed by atoms with Gasteiger partial charge in [-0.15, -0.1) is 11.8 Å². The predicted octanol–water partition coefficient (Wildman–Crippen LogP) is 5.27. The first-order valence-corrected chi connectivity index (χ1v) is 13.8. The molecule has 3 atom stereocenters. The van der Waals surface area contributed by atoms with Gasteiger partial charge in [0.1, 0.15) is 11.5 Å². The highest BCUT2D eigenvalue weighted by Gasteiger charge is 2.34. The number of likely N-dealkylation sites (tertiary alicyclic amines) is 1. The fourth-order valence-corrected chi connectivity index (χ4v) is 5.98. The SMILES string of the molecule is COc1ccc(SCCCN2CC[C@@H](CC[C@@H](O)c3ccnc4ccc(OC)cc34)[C@@H](C(=O)O)C2)cc1. The summed E-state index contributed by atoms with van der Waals surface area (Å²) < 4.78 is 10.5. The van der Waals surface area contributed by atoms with Crippen molar-refractivity contribution < 1.29 is 24.5 Å². The van der Waals surface area contributed by atoms with Crippen molar-refractivity contribution in [3.05, 3.63) is 60.3 Å². The number of aliphatic hydroxyl groups is 1. The molecule has 8 heteroatoms. The zero-order chi connectivity index (χ0) is 26.2. The van der Waals surface area contributed by atoms with Crippen LogP contribution >= 0.6 is 11.8 Å². The van der Waals surface area contributed by atoms with Crippen LogP contribution in [0.1, 0.15) is 37.4 Å². The molecule has 2 aromatic carbocycles. The molecule has 1 aromatic heterocycles. The number of ether oxygens (including phenoxy) is 2. The molecule has 0 saturated carbocycles. The quantitative estimate of drug-likeness (QED) is 0.245. The molecule has 0 bridgehead atoms. The number of methoxy groups -OCH3 is 2. The highest BCUT2D eigenvalue weighted by molar-refractivity contribution is 7.99. The smallest absolute Gasteiger partial charge is 0.308 e. The van der Waals surface area contributed by atoms with E-state index in [0.29, 0.717) is 19.4 Å². The Kier molecular flexibility index (Phi) is 9.66. The molecule has 1 aliphatic heterocycles. The summed E-state index contributed by atoms with van der Waals surface area (Å²) in [4.78, 5) is 20.0. The van der Waals surface area contributed by atoms with Crippen molar-refractivity contribution in [1.29, 1.82) is 0 Å². The van der Waals surface area contributed by atoms with Gasteiger partial charge in [-0.2, -0.15) is 0 Å². The van der Waals surface area contributed by atoms with Crippen LogP contribution in [0.15, 0.2) is 59.6 Å². The molecule has 3 aromatic rings. The molecule has 2 N–H and O–H groups in total. The number of piperidine rings is 1. The number of hydrogen-bond donors (Lipinski definition) is 2. The summed E-state index contributed by atoms with van der Waals surface area (Å²) in [5, 5.41) is 21.8. The molecule has 4 rings (SSSR count).